The molecule has 0 amide bonds. The summed E-state index contributed by atoms with van der Waals surface area (Å²) in [7, 11) is 0. The Morgan fingerprint density at radius 3 is 0.643 bits per heavy atom. The number of carbonyl (C=O) groups is 4. The highest BCUT2D eigenvalue weighted by Gasteiger charge is 2.43. The maximum atomic E-state index is 11.9. The van der Waals surface area contributed by atoms with Crippen molar-refractivity contribution in [3.63, 3.8) is 0 Å². The fourth-order valence-electron chi connectivity index (χ4n) is 11.6. The van der Waals surface area contributed by atoms with E-state index in [4.69, 9.17) is 0 Å². The Hall–Kier alpha value is -2.36. The number of allylic oxidation sites excluding steroid dienone is 8. The van der Waals surface area contributed by atoms with Crippen LogP contribution in [0.5, 0.6) is 0 Å². The lowest BCUT2D eigenvalue weighted by Gasteiger charge is -2.41. The lowest BCUT2D eigenvalue weighted by Crippen LogP contribution is -2.38. The summed E-state index contributed by atoms with van der Waals surface area (Å²) in [4.78, 5) is 47.7. The molecule has 4 saturated carbocycles. The van der Waals surface area contributed by atoms with Gasteiger partial charge in [0.15, 0.2) is 23.1 Å². The highest BCUT2D eigenvalue weighted by molar-refractivity contribution is 5.94. The van der Waals surface area contributed by atoms with E-state index in [2.05, 4.69) is 83.1 Å². The second-order valence-corrected chi connectivity index (χ2v) is 21.0. The van der Waals surface area contributed by atoms with E-state index in [0.717, 1.165) is 0 Å². The van der Waals surface area contributed by atoms with Crippen molar-refractivity contribution in [3.8, 4) is 0 Å². The predicted octanol–water partition coefficient (Wildman–Crippen LogP) is 14.4. The molecule has 56 heavy (non-hydrogen) atoms. The van der Waals surface area contributed by atoms with Crippen LogP contribution in [0.25, 0.3) is 0 Å². The van der Waals surface area contributed by atoms with Gasteiger partial charge in [0.1, 0.15) is 0 Å². The van der Waals surface area contributed by atoms with E-state index in [0.29, 0.717) is 46.8 Å². The van der Waals surface area contributed by atoms with Crippen molar-refractivity contribution in [1.82, 2.24) is 0 Å². The van der Waals surface area contributed by atoms with E-state index in [-0.39, 0.29) is 45.3 Å². The minimum Gasteiger partial charge on any atom is -0.295 e. The number of ketones is 4. The smallest absolute Gasteiger partial charge is 0.159 e. The van der Waals surface area contributed by atoms with Crippen molar-refractivity contribution in [2.24, 2.45) is 69.0 Å². The normalized spacial score (nSPS) is 32.0. The second-order valence-electron chi connectivity index (χ2n) is 21.0. The van der Waals surface area contributed by atoms with Crippen molar-refractivity contribution in [1.29, 1.82) is 0 Å². The number of carbonyl (C=O) groups excluding carboxylic acids is 4. The van der Waals surface area contributed by atoms with E-state index < -0.39 is 0 Å². The first kappa shape index (κ1) is 51.7. The summed E-state index contributed by atoms with van der Waals surface area (Å²) >= 11 is 0. The average molecular weight is 777 g/mol. The first-order valence-corrected chi connectivity index (χ1v) is 22.6. The van der Waals surface area contributed by atoms with Gasteiger partial charge in [0.2, 0.25) is 0 Å². The van der Waals surface area contributed by atoms with Gasteiger partial charge in [0.05, 0.1) is 0 Å². The average Bonchev–Trinajstić information content (AvgIpc) is 3.04. The molecule has 4 heteroatoms. The van der Waals surface area contributed by atoms with Gasteiger partial charge in [-0.25, -0.2) is 0 Å². The molecule has 8 atom stereocenters. The van der Waals surface area contributed by atoms with Crippen molar-refractivity contribution < 1.29 is 19.2 Å². The van der Waals surface area contributed by atoms with E-state index >= 15 is 0 Å². The van der Waals surface area contributed by atoms with Crippen molar-refractivity contribution in [2.45, 2.75) is 188 Å². The maximum absolute atomic E-state index is 11.9. The minimum atomic E-state index is 0.189. The third kappa shape index (κ3) is 15.1. The van der Waals surface area contributed by atoms with Crippen LogP contribution in [0.1, 0.15) is 188 Å². The molecule has 320 valence electrons. The van der Waals surface area contributed by atoms with Crippen LogP contribution in [-0.4, -0.2) is 23.1 Å². The summed E-state index contributed by atoms with van der Waals surface area (Å²) < 4.78 is 0. The lowest BCUT2D eigenvalue weighted by molar-refractivity contribution is -0.126. The molecule has 0 aliphatic heterocycles. The molecule has 1 unspecified atom stereocenters. The van der Waals surface area contributed by atoms with E-state index in [1.807, 2.05) is 52.0 Å². The summed E-state index contributed by atoms with van der Waals surface area (Å²) in [5, 5.41) is 0. The molecule has 4 fully saturated rings. The molecule has 0 radical (unpaired) electrons. The van der Waals surface area contributed by atoms with Gasteiger partial charge in [0, 0.05) is 23.7 Å². The minimum absolute atomic E-state index is 0.189. The molecule has 0 N–H and O–H groups in total. The van der Waals surface area contributed by atoms with Gasteiger partial charge in [0.25, 0.3) is 0 Å². The van der Waals surface area contributed by atoms with Gasteiger partial charge in [-0.05, 0) is 149 Å². The predicted molar refractivity (Wildman–Crippen MR) is 240 cm³/mol. The Balaban J connectivity index is 0.000000373. The third-order valence-corrected chi connectivity index (χ3v) is 14.1. The van der Waals surface area contributed by atoms with Gasteiger partial charge in [-0.2, -0.15) is 0 Å². The van der Waals surface area contributed by atoms with Crippen LogP contribution in [0.2, 0.25) is 0 Å². The van der Waals surface area contributed by atoms with Crippen LogP contribution in [0.3, 0.4) is 0 Å². The monoisotopic (exact) mass is 777 g/mol. The Labute approximate surface area is 346 Å². The van der Waals surface area contributed by atoms with Gasteiger partial charge < -0.3 is 0 Å². The van der Waals surface area contributed by atoms with Crippen LogP contribution in [0.15, 0.2) is 48.6 Å². The first-order chi connectivity index (χ1) is 25.9. The zero-order chi connectivity index (χ0) is 43.1. The van der Waals surface area contributed by atoms with E-state index in [1.165, 1.54) is 77.0 Å². The van der Waals surface area contributed by atoms with Crippen LogP contribution < -0.4 is 0 Å². The molecule has 4 rings (SSSR count). The Bertz CT molecular complexity index is 1160. The van der Waals surface area contributed by atoms with Crippen LogP contribution in [0.4, 0.5) is 0 Å². The summed E-state index contributed by atoms with van der Waals surface area (Å²) in [6.07, 6.45) is 29.1. The van der Waals surface area contributed by atoms with E-state index in [1.54, 1.807) is 24.3 Å². The largest absolute Gasteiger partial charge is 0.295 e. The summed E-state index contributed by atoms with van der Waals surface area (Å²) in [5.41, 5.74) is 0.755. The maximum Gasteiger partial charge on any atom is 0.159 e. The third-order valence-electron chi connectivity index (χ3n) is 14.1. The fourth-order valence-corrected chi connectivity index (χ4v) is 11.6. The van der Waals surface area contributed by atoms with E-state index in [9.17, 15) is 19.2 Å². The molecule has 4 aliphatic rings. The quantitative estimate of drug-likeness (QED) is 0.230. The fraction of sp³-hybridized carbons (Fsp3) is 0.769. The molecule has 4 aliphatic carbocycles. The van der Waals surface area contributed by atoms with Crippen LogP contribution >= 0.6 is 0 Å². The molecule has 0 aromatic rings. The number of hydrogen-bond acceptors (Lipinski definition) is 4. The zero-order valence-corrected chi connectivity index (χ0v) is 39.4. The molecule has 0 aromatic heterocycles. The standard InChI is InChI=1S/4C13H22O/c4*1-5-7-11(14)12-10(2)8-6-9-13(12,3)4/h4*5,7,10,12H,6,8-9H2,1-4H3/b2*7-5+;2*7-5-/t10-,12?;10-,12-;10-,12+;10-,12-/m1111/s1. The zero-order valence-electron chi connectivity index (χ0n) is 39.4. The SMILES string of the molecule is C/C=C/C(=O)C1[C@H](C)CCCC1(C)C.C/C=C/C(=O)[C@H]1[C@H](C)CCCC1(C)C.C/C=C\C(=O)[C@@H]1[C@H](C)CCCC1(C)C.C/C=C\C(=O)[C@H]1[C@H](C)CCCC1(C)C. The van der Waals surface area contributed by atoms with Gasteiger partial charge in [-0.3, -0.25) is 19.2 Å². The molecular weight excluding hydrogens is 689 g/mol. The molecular formula is C52H88O4. The number of rotatable bonds is 8. The topological polar surface area (TPSA) is 68.3 Å². The lowest BCUT2D eigenvalue weighted by atomic mass is 9.62. The van der Waals surface area contributed by atoms with Gasteiger partial charge >= 0.3 is 0 Å². The second kappa shape index (κ2) is 23.3. The Morgan fingerprint density at radius 2 is 0.518 bits per heavy atom. The number of hydrogen-bond donors (Lipinski definition) is 0. The molecule has 0 aromatic carbocycles. The summed E-state index contributed by atoms with van der Waals surface area (Å²) in [6, 6.07) is 0. The van der Waals surface area contributed by atoms with Crippen LogP contribution in [0, 0.1) is 69.0 Å². The van der Waals surface area contributed by atoms with Gasteiger partial charge in [-0.15, -0.1) is 0 Å². The van der Waals surface area contributed by atoms with Gasteiger partial charge in [-0.1, -0.05) is 133 Å². The Kier molecular flexibility index (Phi) is 21.5. The van der Waals surface area contributed by atoms with Crippen LogP contribution in [-0.2, 0) is 19.2 Å². The summed E-state index contributed by atoms with van der Waals surface area (Å²) in [6.45, 7) is 34.4. The Morgan fingerprint density at radius 1 is 0.357 bits per heavy atom. The molecule has 0 saturated heterocycles. The van der Waals surface area contributed by atoms with Crippen molar-refractivity contribution in [2.75, 3.05) is 0 Å². The molecule has 0 heterocycles. The van der Waals surface area contributed by atoms with Crippen molar-refractivity contribution in [3.05, 3.63) is 48.6 Å². The molecule has 0 spiro atoms. The highest BCUT2D eigenvalue weighted by atomic mass is 16.1. The highest BCUT2D eigenvalue weighted by Crippen LogP contribution is 2.47. The molecule has 4 nitrogen and oxygen atoms in total. The summed E-state index contributed by atoms with van der Waals surface area (Å²) in [5.74, 6) is 4.39. The molecule has 0 bridgehead atoms. The van der Waals surface area contributed by atoms with Crippen molar-refractivity contribution >= 4 is 23.1 Å². The first-order valence-electron chi connectivity index (χ1n) is 22.6.